The highest BCUT2D eigenvalue weighted by Gasteiger charge is 2.09. The molecule has 1 rings (SSSR count). The van der Waals surface area contributed by atoms with Crippen LogP contribution in [0.15, 0.2) is 29.4 Å². The molecule has 1 heterocycles. The summed E-state index contributed by atoms with van der Waals surface area (Å²) in [4.78, 5) is 10.8. The number of carbonyl (C=O) groups is 1. The van der Waals surface area contributed by atoms with Gasteiger partial charge in [0.05, 0.1) is 15.7 Å². The van der Waals surface area contributed by atoms with Crippen molar-refractivity contribution >= 4 is 16.8 Å². The van der Waals surface area contributed by atoms with E-state index in [1.807, 2.05) is 7.05 Å². The van der Waals surface area contributed by atoms with Gasteiger partial charge in [0, 0.05) is 12.1 Å². The molecule has 70 valence electrons. The van der Waals surface area contributed by atoms with Gasteiger partial charge in [0.1, 0.15) is 12.8 Å². The van der Waals surface area contributed by atoms with Crippen LogP contribution in [-0.4, -0.2) is 21.0 Å². The molecule has 0 amide bonds. The van der Waals surface area contributed by atoms with Crippen molar-refractivity contribution in [3.05, 3.63) is 24.5 Å². The third-order valence-corrected chi connectivity index (χ3v) is 2.77. The number of hydrogen-bond acceptors (Lipinski definition) is 2. The Bertz CT molecular complexity index is 334. The first-order valence-electron chi connectivity index (χ1n) is 3.65. The Hall–Kier alpha value is -1.23. The van der Waals surface area contributed by atoms with Gasteiger partial charge in [0.15, 0.2) is 12.4 Å². The highest BCUT2D eigenvalue weighted by atomic mass is 32.2. The second kappa shape index (κ2) is 4.13. The van der Waals surface area contributed by atoms with Crippen molar-refractivity contribution in [3.63, 3.8) is 0 Å². The van der Waals surface area contributed by atoms with Crippen LogP contribution < -0.4 is 4.57 Å². The van der Waals surface area contributed by atoms with Crippen molar-refractivity contribution in [1.82, 2.24) is 0 Å². The second-order valence-corrected chi connectivity index (χ2v) is 4.03. The van der Waals surface area contributed by atoms with E-state index in [0.717, 1.165) is 0 Å². The molecule has 0 spiro atoms. The van der Waals surface area contributed by atoms with Crippen molar-refractivity contribution < 1.29 is 18.7 Å². The number of aliphatic carboxylic acids is 1. The fourth-order valence-corrected chi connectivity index (χ4v) is 1.65. The van der Waals surface area contributed by atoms with E-state index in [2.05, 4.69) is 0 Å². The Balaban J connectivity index is 2.78. The number of hydrogen-bond donors (Lipinski definition) is 1. The Labute approximate surface area is 78.3 Å². The van der Waals surface area contributed by atoms with Crippen molar-refractivity contribution in [2.24, 2.45) is 7.05 Å². The Morgan fingerprint density at radius 3 is 2.54 bits per heavy atom. The van der Waals surface area contributed by atoms with E-state index in [0.29, 0.717) is 4.90 Å². The molecule has 0 aliphatic carbocycles. The van der Waals surface area contributed by atoms with Crippen LogP contribution in [0.5, 0.6) is 0 Å². The average molecular weight is 200 g/mol. The van der Waals surface area contributed by atoms with Crippen molar-refractivity contribution in [2.75, 3.05) is 5.75 Å². The monoisotopic (exact) mass is 200 g/mol. The number of rotatable bonds is 3. The Kier molecular flexibility index (Phi) is 3.13. The molecule has 13 heavy (non-hydrogen) atoms. The summed E-state index contributed by atoms with van der Waals surface area (Å²) in [5, 5.41) is 8.40. The highest BCUT2D eigenvalue weighted by Crippen LogP contribution is 2.02. The zero-order chi connectivity index (χ0) is 9.84. The van der Waals surface area contributed by atoms with Gasteiger partial charge in [0.25, 0.3) is 0 Å². The molecule has 1 atom stereocenters. The van der Waals surface area contributed by atoms with Crippen LogP contribution in [-0.2, 0) is 22.6 Å². The van der Waals surface area contributed by atoms with E-state index >= 15 is 0 Å². The van der Waals surface area contributed by atoms with Gasteiger partial charge in [-0.15, -0.1) is 0 Å². The summed E-state index contributed by atoms with van der Waals surface area (Å²) < 4.78 is 13.1. The molecule has 0 aliphatic heterocycles. The first-order valence-corrected chi connectivity index (χ1v) is 4.97. The zero-order valence-corrected chi connectivity index (χ0v) is 7.95. The molecule has 5 heteroatoms. The van der Waals surface area contributed by atoms with Crippen LogP contribution in [0.4, 0.5) is 0 Å². The van der Waals surface area contributed by atoms with Crippen LogP contribution in [0, 0.1) is 0 Å². The van der Waals surface area contributed by atoms with Gasteiger partial charge < -0.3 is 5.11 Å². The third kappa shape index (κ3) is 2.95. The normalized spacial score (nSPS) is 12.4. The summed E-state index contributed by atoms with van der Waals surface area (Å²) in [6.07, 6.45) is 3.46. The SMILES string of the molecule is C[n+]1ccc(S(=O)CC(=O)O)cc1. The summed E-state index contributed by atoms with van der Waals surface area (Å²) in [7, 11) is 0.403. The molecule has 4 nitrogen and oxygen atoms in total. The Morgan fingerprint density at radius 2 is 2.08 bits per heavy atom. The van der Waals surface area contributed by atoms with E-state index in [-0.39, 0.29) is 5.75 Å². The molecule has 0 saturated carbocycles. The van der Waals surface area contributed by atoms with Gasteiger partial charge in [-0.2, -0.15) is 0 Å². The van der Waals surface area contributed by atoms with E-state index in [1.165, 1.54) is 0 Å². The van der Waals surface area contributed by atoms with E-state index in [4.69, 9.17) is 5.11 Å². The van der Waals surface area contributed by atoms with Gasteiger partial charge in [-0.25, -0.2) is 4.57 Å². The lowest BCUT2D eigenvalue weighted by Gasteiger charge is -1.96. The zero-order valence-electron chi connectivity index (χ0n) is 7.14. The van der Waals surface area contributed by atoms with E-state index < -0.39 is 16.8 Å². The fourth-order valence-electron chi connectivity index (χ4n) is 0.835. The van der Waals surface area contributed by atoms with Crippen LogP contribution in [0.25, 0.3) is 0 Å². The largest absolute Gasteiger partial charge is 0.481 e. The van der Waals surface area contributed by atoms with E-state index in [9.17, 15) is 9.00 Å². The second-order valence-electron chi connectivity index (χ2n) is 2.58. The van der Waals surface area contributed by atoms with Gasteiger partial charge in [-0.05, 0) is 0 Å². The van der Waals surface area contributed by atoms with Crippen LogP contribution in [0.3, 0.4) is 0 Å². The molecule has 0 saturated heterocycles. The summed E-state index contributed by atoms with van der Waals surface area (Å²) in [5.74, 6) is -1.39. The molecule has 1 aromatic rings. The maximum Gasteiger partial charge on any atom is 0.316 e. The van der Waals surface area contributed by atoms with Crippen LogP contribution in [0.1, 0.15) is 0 Å². The number of nitrogens with zero attached hydrogens (tertiary/aromatic N) is 1. The van der Waals surface area contributed by atoms with Crippen LogP contribution >= 0.6 is 0 Å². The first kappa shape index (κ1) is 9.85. The lowest BCUT2D eigenvalue weighted by atomic mass is 10.5. The molecule has 0 radical (unpaired) electrons. The highest BCUT2D eigenvalue weighted by molar-refractivity contribution is 7.85. The number of carboxylic acid groups (broad SMARTS) is 1. The van der Waals surface area contributed by atoms with Crippen molar-refractivity contribution in [3.8, 4) is 0 Å². The van der Waals surface area contributed by atoms with Gasteiger partial charge >= 0.3 is 5.97 Å². The molecule has 0 fully saturated rings. The van der Waals surface area contributed by atoms with Crippen molar-refractivity contribution in [1.29, 1.82) is 0 Å². The lowest BCUT2D eigenvalue weighted by molar-refractivity contribution is -0.671. The number of aryl methyl sites for hydroxylation is 1. The molecular formula is C8H10NO3S+. The molecule has 1 unspecified atom stereocenters. The molecule has 1 N–H and O–H groups in total. The minimum absolute atomic E-state index is 0.340. The van der Waals surface area contributed by atoms with Crippen LogP contribution in [0.2, 0.25) is 0 Å². The van der Waals surface area contributed by atoms with E-state index in [1.54, 1.807) is 29.1 Å². The molecular weight excluding hydrogens is 190 g/mol. The van der Waals surface area contributed by atoms with Crippen molar-refractivity contribution in [2.45, 2.75) is 4.90 Å². The maximum absolute atomic E-state index is 11.3. The molecule has 0 bridgehead atoms. The smallest absolute Gasteiger partial charge is 0.316 e. The van der Waals surface area contributed by atoms with Gasteiger partial charge in [0.2, 0.25) is 0 Å². The summed E-state index contributed by atoms with van der Waals surface area (Å²) in [6, 6.07) is 3.30. The summed E-state index contributed by atoms with van der Waals surface area (Å²) in [6.45, 7) is 0. The summed E-state index contributed by atoms with van der Waals surface area (Å²) >= 11 is 0. The molecule has 0 aromatic carbocycles. The summed E-state index contributed by atoms with van der Waals surface area (Å²) in [5.41, 5.74) is 0. The standard InChI is InChI=1S/C8H9NO3S/c1-9-4-2-7(3-5-9)13(12)6-8(10)11/h2-5H,6H2,1H3/p+1. The topological polar surface area (TPSA) is 58.2 Å². The average Bonchev–Trinajstić information content (AvgIpc) is 2.04. The molecule has 1 aromatic heterocycles. The molecule has 0 aliphatic rings. The number of pyridine rings is 1. The predicted molar refractivity (Wildman–Crippen MR) is 46.5 cm³/mol. The maximum atomic E-state index is 11.3. The Morgan fingerprint density at radius 1 is 1.54 bits per heavy atom. The van der Waals surface area contributed by atoms with Gasteiger partial charge in [-0.3, -0.25) is 9.00 Å². The lowest BCUT2D eigenvalue weighted by Crippen LogP contribution is -2.26. The minimum Gasteiger partial charge on any atom is -0.481 e. The predicted octanol–water partition coefficient (Wildman–Crippen LogP) is -0.297. The minimum atomic E-state index is -1.43. The first-order chi connectivity index (χ1) is 6.09. The number of carboxylic acids is 1. The quantitative estimate of drug-likeness (QED) is 0.682. The fraction of sp³-hybridized carbons (Fsp3) is 0.250. The number of aromatic nitrogens is 1. The van der Waals surface area contributed by atoms with Gasteiger partial charge in [-0.1, -0.05) is 0 Å². The third-order valence-electron chi connectivity index (χ3n) is 1.47.